The molecule has 0 aromatic carbocycles. The Morgan fingerprint density at radius 3 is 2.56 bits per heavy atom. The van der Waals surface area contributed by atoms with Crippen LogP contribution in [0.4, 0.5) is 5.69 Å². The van der Waals surface area contributed by atoms with Gasteiger partial charge in [-0.05, 0) is 26.0 Å². The van der Waals surface area contributed by atoms with Crippen molar-refractivity contribution in [3.05, 3.63) is 28.1 Å². The average Bonchev–Trinajstić information content (AvgIpc) is 2.93. The molecule has 0 atom stereocenters. The molecule has 1 heterocycles. The highest BCUT2D eigenvalue weighted by molar-refractivity contribution is 6.76. The second-order valence-corrected chi connectivity index (χ2v) is 12.5. The zero-order valence-corrected chi connectivity index (χ0v) is 16.7. The molecule has 0 N–H and O–H groups in total. The maximum absolute atomic E-state index is 12.1. The standard InChI is InChI=1S/C16H28N4O4Si/c1-6-18(7-2)16(21)9-8-14-15(20(22)23)12-17-19(14)13-24-10-11-25(3,4)5/h8-9,12H,6-7,10-11,13H2,1-5H3/b9-8+. The molecule has 0 aliphatic heterocycles. The van der Waals surface area contributed by atoms with Gasteiger partial charge < -0.3 is 9.64 Å². The van der Waals surface area contributed by atoms with Gasteiger partial charge in [0.15, 0.2) is 0 Å². The maximum Gasteiger partial charge on any atom is 0.314 e. The Kier molecular flexibility index (Phi) is 7.97. The fourth-order valence-corrected chi connectivity index (χ4v) is 2.88. The lowest BCUT2D eigenvalue weighted by molar-refractivity contribution is -0.385. The van der Waals surface area contributed by atoms with Crippen molar-refractivity contribution in [2.45, 2.75) is 46.3 Å². The van der Waals surface area contributed by atoms with Crippen LogP contribution in [0, 0.1) is 10.1 Å². The van der Waals surface area contributed by atoms with Gasteiger partial charge in [0.2, 0.25) is 5.91 Å². The normalized spacial score (nSPS) is 11.9. The summed E-state index contributed by atoms with van der Waals surface area (Å²) >= 11 is 0. The second kappa shape index (κ2) is 9.47. The van der Waals surface area contributed by atoms with Gasteiger partial charge in [-0.25, -0.2) is 4.68 Å². The van der Waals surface area contributed by atoms with Crippen molar-refractivity contribution in [1.29, 1.82) is 0 Å². The minimum atomic E-state index is -1.20. The molecule has 0 radical (unpaired) electrons. The number of carbonyl (C=O) groups excluding carboxylic acids is 1. The quantitative estimate of drug-likeness (QED) is 0.208. The Hall–Kier alpha value is -2.00. The van der Waals surface area contributed by atoms with Crippen LogP contribution in [-0.2, 0) is 16.3 Å². The Morgan fingerprint density at radius 2 is 2.04 bits per heavy atom. The number of carbonyl (C=O) groups is 1. The highest BCUT2D eigenvalue weighted by Gasteiger charge is 2.19. The first-order chi connectivity index (χ1) is 11.7. The molecule has 1 amide bonds. The zero-order valence-electron chi connectivity index (χ0n) is 15.7. The third-order valence-electron chi connectivity index (χ3n) is 3.73. The van der Waals surface area contributed by atoms with E-state index < -0.39 is 13.0 Å². The van der Waals surface area contributed by atoms with Crippen molar-refractivity contribution >= 4 is 25.7 Å². The van der Waals surface area contributed by atoms with E-state index in [1.807, 2.05) is 13.8 Å². The summed E-state index contributed by atoms with van der Waals surface area (Å²) in [4.78, 5) is 24.4. The van der Waals surface area contributed by atoms with E-state index in [4.69, 9.17) is 4.74 Å². The molecule has 0 saturated heterocycles. The number of hydrogen-bond donors (Lipinski definition) is 0. The van der Waals surface area contributed by atoms with Gasteiger partial charge in [-0.3, -0.25) is 14.9 Å². The molecular formula is C16H28N4O4Si. The number of rotatable bonds is 10. The summed E-state index contributed by atoms with van der Waals surface area (Å²) in [6.45, 7) is 12.4. The van der Waals surface area contributed by atoms with Crippen LogP contribution in [-0.4, -0.2) is 53.3 Å². The molecule has 1 aromatic rings. The number of ether oxygens (including phenoxy) is 1. The van der Waals surface area contributed by atoms with Gasteiger partial charge >= 0.3 is 5.69 Å². The average molecular weight is 369 g/mol. The predicted molar refractivity (Wildman–Crippen MR) is 99.9 cm³/mol. The monoisotopic (exact) mass is 368 g/mol. The van der Waals surface area contributed by atoms with Crippen LogP contribution in [0.3, 0.4) is 0 Å². The van der Waals surface area contributed by atoms with E-state index >= 15 is 0 Å². The summed E-state index contributed by atoms with van der Waals surface area (Å²) in [6, 6.07) is 1.00. The number of aromatic nitrogens is 2. The molecule has 0 unspecified atom stereocenters. The van der Waals surface area contributed by atoms with E-state index in [-0.39, 0.29) is 24.0 Å². The van der Waals surface area contributed by atoms with Crippen LogP contribution in [0.25, 0.3) is 6.08 Å². The third-order valence-corrected chi connectivity index (χ3v) is 5.43. The molecule has 1 rings (SSSR count). The van der Waals surface area contributed by atoms with E-state index in [1.165, 1.54) is 23.0 Å². The molecule has 0 spiro atoms. The Balaban J connectivity index is 2.87. The van der Waals surface area contributed by atoms with Crippen LogP contribution < -0.4 is 0 Å². The van der Waals surface area contributed by atoms with Crippen LogP contribution in [0.1, 0.15) is 19.5 Å². The molecule has 1 aromatic heterocycles. The molecule has 9 heteroatoms. The number of nitrogens with zero attached hydrogens (tertiary/aromatic N) is 4. The smallest absolute Gasteiger partial charge is 0.314 e. The van der Waals surface area contributed by atoms with E-state index in [1.54, 1.807) is 4.90 Å². The minimum absolute atomic E-state index is 0.122. The van der Waals surface area contributed by atoms with Crippen molar-refractivity contribution in [1.82, 2.24) is 14.7 Å². The van der Waals surface area contributed by atoms with Crippen molar-refractivity contribution in [2.75, 3.05) is 19.7 Å². The van der Waals surface area contributed by atoms with Gasteiger partial charge in [0.1, 0.15) is 18.6 Å². The first-order valence-corrected chi connectivity index (χ1v) is 12.1. The lowest BCUT2D eigenvalue weighted by Gasteiger charge is -2.16. The Morgan fingerprint density at radius 1 is 1.40 bits per heavy atom. The molecule has 0 aliphatic rings. The largest absolute Gasteiger partial charge is 0.360 e. The van der Waals surface area contributed by atoms with Gasteiger partial charge in [-0.2, -0.15) is 5.10 Å². The van der Waals surface area contributed by atoms with E-state index in [2.05, 4.69) is 24.7 Å². The molecule has 140 valence electrons. The number of amides is 1. The molecular weight excluding hydrogens is 340 g/mol. The van der Waals surface area contributed by atoms with Crippen molar-refractivity contribution in [2.24, 2.45) is 0 Å². The molecule has 25 heavy (non-hydrogen) atoms. The summed E-state index contributed by atoms with van der Waals surface area (Å²) in [6.07, 6.45) is 3.96. The molecule has 8 nitrogen and oxygen atoms in total. The van der Waals surface area contributed by atoms with Crippen LogP contribution >= 0.6 is 0 Å². The van der Waals surface area contributed by atoms with E-state index in [0.717, 1.165) is 6.04 Å². The number of likely N-dealkylation sites (N-methyl/N-ethyl adjacent to an activating group) is 1. The van der Waals surface area contributed by atoms with E-state index in [9.17, 15) is 14.9 Å². The fraction of sp³-hybridized carbons (Fsp3) is 0.625. The SMILES string of the molecule is CCN(CC)C(=O)/C=C/c1c([N+](=O)[O-])cnn1COCC[Si](C)(C)C. The highest BCUT2D eigenvalue weighted by Crippen LogP contribution is 2.20. The molecule has 0 bridgehead atoms. The zero-order chi connectivity index (χ0) is 19.0. The first kappa shape index (κ1) is 21.0. The van der Waals surface area contributed by atoms with Crippen molar-refractivity contribution < 1.29 is 14.5 Å². The van der Waals surface area contributed by atoms with Gasteiger partial charge in [0, 0.05) is 33.8 Å². The van der Waals surface area contributed by atoms with Crippen LogP contribution in [0.15, 0.2) is 12.3 Å². The predicted octanol–water partition coefficient (Wildman–Crippen LogP) is 2.99. The van der Waals surface area contributed by atoms with Gasteiger partial charge in [-0.1, -0.05) is 19.6 Å². The lowest BCUT2D eigenvalue weighted by atomic mass is 10.3. The number of nitro groups is 1. The van der Waals surface area contributed by atoms with Gasteiger partial charge in [-0.15, -0.1) is 0 Å². The molecule has 0 saturated carbocycles. The fourth-order valence-electron chi connectivity index (χ4n) is 2.12. The van der Waals surface area contributed by atoms with Crippen molar-refractivity contribution in [3.8, 4) is 0 Å². The Bertz CT molecular complexity index is 618. The Labute approximate surface area is 149 Å². The van der Waals surface area contributed by atoms with Gasteiger partial charge in [0.25, 0.3) is 0 Å². The molecule has 0 aliphatic carbocycles. The second-order valence-electron chi connectivity index (χ2n) is 6.86. The number of hydrogen-bond acceptors (Lipinski definition) is 5. The van der Waals surface area contributed by atoms with Crippen LogP contribution in [0.5, 0.6) is 0 Å². The van der Waals surface area contributed by atoms with Crippen molar-refractivity contribution in [3.63, 3.8) is 0 Å². The third kappa shape index (κ3) is 6.79. The summed E-state index contributed by atoms with van der Waals surface area (Å²) < 4.78 is 7.02. The lowest BCUT2D eigenvalue weighted by Crippen LogP contribution is -2.28. The molecule has 0 fully saturated rings. The minimum Gasteiger partial charge on any atom is -0.360 e. The first-order valence-electron chi connectivity index (χ1n) is 8.44. The summed E-state index contributed by atoms with van der Waals surface area (Å²) in [5.74, 6) is -0.188. The topological polar surface area (TPSA) is 90.5 Å². The summed E-state index contributed by atoms with van der Waals surface area (Å²) in [5.41, 5.74) is 0.121. The highest BCUT2D eigenvalue weighted by atomic mass is 28.3. The van der Waals surface area contributed by atoms with Gasteiger partial charge in [0.05, 0.1) is 4.92 Å². The van der Waals surface area contributed by atoms with E-state index in [0.29, 0.717) is 19.7 Å². The maximum atomic E-state index is 12.1. The summed E-state index contributed by atoms with van der Waals surface area (Å²) in [5, 5.41) is 15.2. The summed E-state index contributed by atoms with van der Waals surface area (Å²) in [7, 11) is -1.20. The van der Waals surface area contributed by atoms with Crippen LogP contribution in [0.2, 0.25) is 25.7 Å².